The predicted molar refractivity (Wildman–Crippen MR) is 132 cm³/mol. The van der Waals surface area contributed by atoms with E-state index in [4.69, 9.17) is 9.72 Å². The zero-order chi connectivity index (χ0) is 24.3. The number of carbonyl (C=O) groups is 2. The van der Waals surface area contributed by atoms with Crippen molar-refractivity contribution in [1.82, 2.24) is 19.8 Å². The average Bonchev–Trinajstić information content (AvgIpc) is 2.83. The Morgan fingerprint density at radius 3 is 2.44 bits per heavy atom. The molecule has 7 nitrogen and oxygen atoms in total. The Bertz CT molecular complexity index is 1170. The van der Waals surface area contributed by atoms with Crippen LogP contribution < -0.4 is 0 Å². The van der Waals surface area contributed by atoms with E-state index in [9.17, 15) is 9.59 Å². The molecule has 0 N–H and O–H groups in total. The SMILES string of the molecule is CN(CC1CCN(C(=O)c2cc(-c3ccncc3)nc3ccccc23)CC1)C(=O)OC(C)(C)C. The van der Waals surface area contributed by atoms with Crippen LogP contribution in [0.3, 0.4) is 0 Å². The highest BCUT2D eigenvalue weighted by atomic mass is 16.6. The Kier molecular flexibility index (Phi) is 6.82. The minimum Gasteiger partial charge on any atom is -0.444 e. The fraction of sp³-hybridized carbons (Fsp3) is 0.407. The number of para-hydroxylation sites is 1. The van der Waals surface area contributed by atoms with Crippen molar-refractivity contribution in [2.45, 2.75) is 39.2 Å². The van der Waals surface area contributed by atoms with Crippen molar-refractivity contribution in [2.24, 2.45) is 5.92 Å². The zero-order valence-corrected chi connectivity index (χ0v) is 20.3. The molecule has 1 saturated heterocycles. The van der Waals surface area contributed by atoms with E-state index in [0.29, 0.717) is 31.1 Å². The van der Waals surface area contributed by atoms with E-state index in [1.165, 1.54) is 0 Å². The van der Waals surface area contributed by atoms with Crippen molar-refractivity contribution in [3.63, 3.8) is 0 Å². The number of carbonyl (C=O) groups excluding carboxylic acids is 2. The highest BCUT2D eigenvalue weighted by molar-refractivity contribution is 6.07. The minimum atomic E-state index is -0.510. The number of pyridine rings is 2. The van der Waals surface area contributed by atoms with E-state index in [0.717, 1.165) is 35.0 Å². The number of nitrogens with zero attached hydrogens (tertiary/aromatic N) is 4. The summed E-state index contributed by atoms with van der Waals surface area (Å²) >= 11 is 0. The van der Waals surface area contributed by atoms with Gasteiger partial charge in [0.15, 0.2) is 0 Å². The maximum absolute atomic E-state index is 13.6. The van der Waals surface area contributed by atoms with Crippen LogP contribution in [0.5, 0.6) is 0 Å². The van der Waals surface area contributed by atoms with Crippen LogP contribution in [0.15, 0.2) is 54.9 Å². The fourth-order valence-corrected chi connectivity index (χ4v) is 4.31. The minimum absolute atomic E-state index is 0.0212. The molecule has 0 spiro atoms. The lowest BCUT2D eigenvalue weighted by Gasteiger charge is -2.34. The van der Waals surface area contributed by atoms with Gasteiger partial charge in [-0.3, -0.25) is 9.78 Å². The number of aromatic nitrogens is 2. The lowest BCUT2D eigenvalue weighted by molar-refractivity contribution is 0.0246. The van der Waals surface area contributed by atoms with Crippen molar-refractivity contribution < 1.29 is 14.3 Å². The predicted octanol–water partition coefficient (Wildman–Crippen LogP) is 5.02. The van der Waals surface area contributed by atoms with Crippen LogP contribution in [-0.2, 0) is 4.74 Å². The second-order valence-corrected chi connectivity index (χ2v) is 9.90. The highest BCUT2D eigenvalue weighted by Crippen LogP contribution is 2.27. The average molecular weight is 461 g/mol. The first kappa shape index (κ1) is 23.7. The molecule has 1 aliphatic rings. The van der Waals surface area contributed by atoms with Gasteiger partial charge in [0.2, 0.25) is 0 Å². The van der Waals surface area contributed by atoms with Crippen molar-refractivity contribution in [1.29, 1.82) is 0 Å². The van der Waals surface area contributed by atoms with Crippen LogP contribution in [0, 0.1) is 5.92 Å². The number of benzene rings is 1. The third-order valence-corrected chi connectivity index (χ3v) is 6.06. The molecular formula is C27H32N4O3. The number of ether oxygens (including phenoxy) is 1. The summed E-state index contributed by atoms with van der Waals surface area (Å²) in [5.41, 5.74) is 2.65. The van der Waals surface area contributed by atoms with Gasteiger partial charge in [-0.1, -0.05) is 18.2 Å². The number of amides is 2. The molecule has 4 rings (SSSR count). The van der Waals surface area contributed by atoms with Crippen molar-refractivity contribution in [2.75, 3.05) is 26.7 Å². The molecule has 1 aliphatic heterocycles. The van der Waals surface area contributed by atoms with E-state index < -0.39 is 5.60 Å². The number of rotatable bonds is 4. The summed E-state index contributed by atoms with van der Waals surface area (Å²) in [5.74, 6) is 0.357. The van der Waals surface area contributed by atoms with Crippen LogP contribution in [-0.4, -0.2) is 64.1 Å². The fourth-order valence-electron chi connectivity index (χ4n) is 4.31. The quantitative estimate of drug-likeness (QED) is 0.547. The van der Waals surface area contributed by atoms with Crippen molar-refractivity contribution >= 4 is 22.9 Å². The Morgan fingerprint density at radius 2 is 1.76 bits per heavy atom. The van der Waals surface area contributed by atoms with E-state index in [2.05, 4.69) is 4.98 Å². The maximum atomic E-state index is 13.6. The molecule has 0 bridgehead atoms. The molecule has 34 heavy (non-hydrogen) atoms. The van der Waals surface area contributed by atoms with E-state index in [1.807, 2.05) is 68.1 Å². The Labute approximate surface area is 200 Å². The van der Waals surface area contributed by atoms with Gasteiger partial charge in [0.05, 0.1) is 16.8 Å². The molecule has 0 aliphatic carbocycles. The van der Waals surface area contributed by atoms with Gasteiger partial charge in [0.25, 0.3) is 5.91 Å². The number of fused-ring (bicyclic) bond motifs is 1. The van der Waals surface area contributed by atoms with Gasteiger partial charge in [-0.05, 0) is 63.8 Å². The Morgan fingerprint density at radius 1 is 1.09 bits per heavy atom. The van der Waals surface area contributed by atoms with Crippen LogP contribution in [0.25, 0.3) is 22.2 Å². The molecule has 2 aromatic heterocycles. The molecule has 0 radical (unpaired) electrons. The smallest absolute Gasteiger partial charge is 0.410 e. The van der Waals surface area contributed by atoms with Gasteiger partial charge in [0, 0.05) is 50.0 Å². The summed E-state index contributed by atoms with van der Waals surface area (Å²) in [4.78, 5) is 38.3. The van der Waals surface area contributed by atoms with Crippen molar-refractivity contribution in [3.8, 4) is 11.3 Å². The van der Waals surface area contributed by atoms with Gasteiger partial charge in [-0.2, -0.15) is 0 Å². The summed E-state index contributed by atoms with van der Waals surface area (Å²) in [5, 5.41) is 0.858. The van der Waals surface area contributed by atoms with Crippen molar-refractivity contribution in [3.05, 3.63) is 60.4 Å². The molecule has 1 fully saturated rings. The standard InChI is InChI=1S/C27H32N4O3/c1-27(2,3)34-26(33)30(4)18-19-11-15-31(16-12-19)25(32)22-17-24(20-9-13-28-14-10-20)29-23-8-6-5-7-21(22)23/h5-10,13-14,17,19H,11-12,15-16,18H2,1-4H3. The number of hydrogen-bond donors (Lipinski definition) is 0. The highest BCUT2D eigenvalue weighted by Gasteiger charge is 2.28. The van der Waals surface area contributed by atoms with Gasteiger partial charge < -0.3 is 14.5 Å². The summed E-state index contributed by atoms with van der Waals surface area (Å²) < 4.78 is 5.46. The molecule has 7 heteroatoms. The van der Waals surface area contributed by atoms with E-state index in [1.54, 1.807) is 24.3 Å². The monoisotopic (exact) mass is 460 g/mol. The van der Waals surface area contributed by atoms with E-state index in [-0.39, 0.29) is 12.0 Å². The van der Waals surface area contributed by atoms with Crippen LogP contribution in [0.2, 0.25) is 0 Å². The molecule has 3 heterocycles. The summed E-state index contributed by atoms with van der Waals surface area (Å²) in [6.45, 7) is 7.55. The first-order valence-electron chi connectivity index (χ1n) is 11.7. The second kappa shape index (κ2) is 9.79. The number of piperidine rings is 1. The summed E-state index contributed by atoms with van der Waals surface area (Å²) in [6, 6.07) is 13.5. The topological polar surface area (TPSA) is 75.6 Å². The zero-order valence-electron chi connectivity index (χ0n) is 20.3. The molecule has 0 unspecified atom stereocenters. The largest absolute Gasteiger partial charge is 0.444 e. The van der Waals surface area contributed by atoms with Gasteiger partial charge >= 0.3 is 6.09 Å². The summed E-state index contributed by atoms with van der Waals surface area (Å²) in [6.07, 6.45) is 4.84. The maximum Gasteiger partial charge on any atom is 0.410 e. The third-order valence-electron chi connectivity index (χ3n) is 6.06. The molecule has 1 aromatic carbocycles. The molecule has 0 atom stereocenters. The molecule has 0 saturated carbocycles. The van der Waals surface area contributed by atoms with Gasteiger partial charge in [-0.25, -0.2) is 9.78 Å². The van der Waals surface area contributed by atoms with Gasteiger partial charge in [-0.15, -0.1) is 0 Å². The summed E-state index contributed by atoms with van der Waals surface area (Å²) in [7, 11) is 1.77. The van der Waals surface area contributed by atoms with Gasteiger partial charge in [0.1, 0.15) is 5.60 Å². The molecule has 2 amide bonds. The molecular weight excluding hydrogens is 428 g/mol. The Hall–Kier alpha value is -3.48. The Balaban J connectivity index is 1.47. The van der Waals surface area contributed by atoms with Crippen LogP contribution in [0.1, 0.15) is 44.0 Å². The lowest BCUT2D eigenvalue weighted by atomic mass is 9.95. The third kappa shape index (κ3) is 5.53. The molecule has 178 valence electrons. The van der Waals surface area contributed by atoms with Crippen LogP contribution in [0.4, 0.5) is 4.79 Å². The van der Waals surface area contributed by atoms with E-state index >= 15 is 0 Å². The molecule has 3 aromatic rings. The second-order valence-electron chi connectivity index (χ2n) is 9.90. The number of likely N-dealkylation sites (tertiary alicyclic amines) is 1. The lowest BCUT2D eigenvalue weighted by Crippen LogP contribution is -2.43. The normalized spacial score (nSPS) is 14.8. The first-order valence-corrected chi connectivity index (χ1v) is 11.7. The van der Waals surface area contributed by atoms with Crippen LogP contribution >= 0.6 is 0 Å². The number of hydrogen-bond acceptors (Lipinski definition) is 5. The first-order chi connectivity index (χ1) is 16.2.